The van der Waals surface area contributed by atoms with Crippen molar-refractivity contribution in [3.8, 4) is 16.9 Å². The number of ether oxygens (including phenoxy) is 1. The number of aliphatic carboxylic acids is 1. The van der Waals surface area contributed by atoms with Crippen molar-refractivity contribution in [2.45, 2.75) is 45.3 Å². The second-order valence-corrected chi connectivity index (χ2v) is 7.96. The maximum atomic E-state index is 13.5. The zero-order valence-electron chi connectivity index (χ0n) is 18.0. The second kappa shape index (κ2) is 9.63. The second-order valence-electron chi connectivity index (χ2n) is 7.96. The molecule has 0 saturated heterocycles. The molecular weight excluding hydrogens is 423 g/mol. The summed E-state index contributed by atoms with van der Waals surface area (Å²) < 4.78 is 45.8. The van der Waals surface area contributed by atoms with Gasteiger partial charge in [0.2, 0.25) is 5.91 Å². The molecule has 0 radical (unpaired) electrons. The summed E-state index contributed by atoms with van der Waals surface area (Å²) in [5.41, 5.74) is 0.991. The van der Waals surface area contributed by atoms with Gasteiger partial charge < -0.3 is 14.7 Å². The van der Waals surface area contributed by atoms with Crippen molar-refractivity contribution in [2.75, 3.05) is 13.7 Å². The van der Waals surface area contributed by atoms with Gasteiger partial charge in [-0.25, -0.2) is 0 Å². The highest BCUT2D eigenvalue weighted by atomic mass is 19.4. The fraction of sp³-hybridized carbons (Fsp3) is 0.417. The van der Waals surface area contributed by atoms with E-state index in [9.17, 15) is 22.8 Å². The first-order valence-electron chi connectivity index (χ1n) is 10.5. The fourth-order valence-corrected chi connectivity index (χ4v) is 3.88. The molecule has 0 atom stereocenters. The van der Waals surface area contributed by atoms with Gasteiger partial charge in [-0.2, -0.15) is 13.2 Å². The minimum atomic E-state index is -4.53. The van der Waals surface area contributed by atoms with Gasteiger partial charge in [-0.3, -0.25) is 9.59 Å². The fourth-order valence-electron chi connectivity index (χ4n) is 3.88. The van der Waals surface area contributed by atoms with Gasteiger partial charge in [-0.05, 0) is 60.7 Å². The smallest absolute Gasteiger partial charge is 0.416 e. The van der Waals surface area contributed by atoms with E-state index in [4.69, 9.17) is 9.84 Å². The van der Waals surface area contributed by atoms with Gasteiger partial charge in [0.05, 0.1) is 19.1 Å². The Morgan fingerprint density at radius 3 is 2.38 bits per heavy atom. The molecule has 1 N–H and O–H groups in total. The van der Waals surface area contributed by atoms with Crippen molar-refractivity contribution in [3.63, 3.8) is 0 Å². The van der Waals surface area contributed by atoms with E-state index in [1.807, 2.05) is 0 Å². The van der Waals surface area contributed by atoms with Gasteiger partial charge in [0.15, 0.2) is 0 Å². The maximum absolute atomic E-state index is 13.5. The Kier molecular flexibility index (Phi) is 7.11. The number of carboxylic acids is 1. The van der Waals surface area contributed by atoms with Crippen molar-refractivity contribution in [1.82, 2.24) is 4.90 Å². The molecule has 0 aliphatic heterocycles. The first-order valence-corrected chi connectivity index (χ1v) is 10.5. The van der Waals surface area contributed by atoms with Crippen molar-refractivity contribution < 1.29 is 32.6 Å². The molecular formula is C24H26F3NO4. The van der Waals surface area contributed by atoms with Crippen LogP contribution in [0.1, 0.15) is 42.9 Å². The van der Waals surface area contributed by atoms with Crippen LogP contribution in [-0.2, 0) is 28.7 Å². The molecule has 0 unspecified atom stereocenters. The van der Waals surface area contributed by atoms with E-state index < -0.39 is 17.7 Å². The third kappa shape index (κ3) is 5.23. The van der Waals surface area contributed by atoms with E-state index in [0.29, 0.717) is 34.5 Å². The number of amides is 1. The highest BCUT2D eigenvalue weighted by Gasteiger charge is 2.33. The number of carbonyl (C=O) groups is 2. The van der Waals surface area contributed by atoms with E-state index >= 15 is 0 Å². The molecule has 1 amide bonds. The summed E-state index contributed by atoms with van der Waals surface area (Å²) in [6, 6.07) is 8.25. The largest absolute Gasteiger partial charge is 0.496 e. The van der Waals surface area contributed by atoms with Gasteiger partial charge in [0.1, 0.15) is 5.75 Å². The summed E-state index contributed by atoms with van der Waals surface area (Å²) in [6.07, 6.45) is -2.17. The number of alkyl halides is 3. The normalized spacial score (nSPS) is 14.0. The van der Waals surface area contributed by atoms with E-state index in [1.165, 1.54) is 13.2 Å². The van der Waals surface area contributed by atoms with Crippen molar-refractivity contribution in [2.24, 2.45) is 5.92 Å². The SMILES string of the molecule is CCN(Cc1cc(C(F)(F)F)ccc1-c1cc(CC(=O)O)ccc1OC)C(=O)C1CCC1. The van der Waals surface area contributed by atoms with E-state index in [2.05, 4.69) is 0 Å². The molecule has 1 saturated carbocycles. The van der Waals surface area contributed by atoms with Crippen LogP contribution in [0.2, 0.25) is 0 Å². The summed E-state index contributed by atoms with van der Waals surface area (Å²) in [4.78, 5) is 25.5. The zero-order valence-corrected chi connectivity index (χ0v) is 18.0. The van der Waals surface area contributed by atoms with Crippen LogP contribution < -0.4 is 4.74 Å². The van der Waals surface area contributed by atoms with E-state index in [-0.39, 0.29) is 24.8 Å². The van der Waals surface area contributed by atoms with Crippen LogP contribution in [0.15, 0.2) is 36.4 Å². The molecule has 5 nitrogen and oxygen atoms in total. The Bertz CT molecular complexity index is 999. The maximum Gasteiger partial charge on any atom is 0.416 e. The quantitative estimate of drug-likeness (QED) is 0.605. The average Bonchev–Trinajstić information content (AvgIpc) is 2.69. The summed E-state index contributed by atoms with van der Waals surface area (Å²) >= 11 is 0. The lowest BCUT2D eigenvalue weighted by molar-refractivity contribution is -0.138. The number of hydrogen-bond acceptors (Lipinski definition) is 3. The molecule has 0 aromatic heterocycles. The Morgan fingerprint density at radius 1 is 1.12 bits per heavy atom. The highest BCUT2D eigenvalue weighted by molar-refractivity contribution is 5.81. The van der Waals surface area contributed by atoms with Crippen LogP contribution in [0, 0.1) is 5.92 Å². The van der Waals surface area contributed by atoms with Crippen LogP contribution in [0.4, 0.5) is 13.2 Å². The Balaban J connectivity index is 2.09. The predicted octanol–water partition coefficient (Wildman–Crippen LogP) is 5.16. The lowest BCUT2D eigenvalue weighted by Crippen LogP contribution is -2.38. The van der Waals surface area contributed by atoms with Gasteiger partial charge in [0.25, 0.3) is 0 Å². The molecule has 1 fully saturated rings. The van der Waals surface area contributed by atoms with Crippen LogP contribution in [-0.4, -0.2) is 35.5 Å². The topological polar surface area (TPSA) is 66.8 Å². The van der Waals surface area contributed by atoms with E-state index in [0.717, 1.165) is 31.4 Å². The first-order chi connectivity index (χ1) is 15.1. The number of halogens is 3. The lowest BCUT2D eigenvalue weighted by Gasteiger charge is -2.31. The van der Waals surface area contributed by atoms with Gasteiger partial charge >= 0.3 is 12.1 Å². The number of methoxy groups -OCH3 is 1. The van der Waals surface area contributed by atoms with Crippen LogP contribution in [0.3, 0.4) is 0 Å². The Morgan fingerprint density at radius 2 is 1.84 bits per heavy atom. The van der Waals surface area contributed by atoms with Gasteiger partial charge in [-0.1, -0.05) is 18.6 Å². The van der Waals surface area contributed by atoms with Gasteiger partial charge in [-0.15, -0.1) is 0 Å². The highest BCUT2D eigenvalue weighted by Crippen LogP contribution is 2.38. The van der Waals surface area contributed by atoms with Crippen molar-refractivity contribution in [3.05, 3.63) is 53.1 Å². The molecule has 3 rings (SSSR count). The molecule has 0 spiro atoms. The van der Waals surface area contributed by atoms with E-state index in [1.54, 1.807) is 30.0 Å². The van der Waals surface area contributed by atoms with Gasteiger partial charge in [0, 0.05) is 24.6 Å². The van der Waals surface area contributed by atoms with Crippen molar-refractivity contribution in [1.29, 1.82) is 0 Å². The number of carbonyl (C=O) groups excluding carboxylic acids is 1. The third-order valence-electron chi connectivity index (χ3n) is 5.85. The molecule has 1 aliphatic rings. The Labute approximate surface area is 184 Å². The average molecular weight is 449 g/mol. The lowest BCUT2D eigenvalue weighted by atomic mass is 9.84. The molecule has 32 heavy (non-hydrogen) atoms. The Hall–Kier alpha value is -3.03. The third-order valence-corrected chi connectivity index (χ3v) is 5.85. The number of hydrogen-bond donors (Lipinski definition) is 1. The summed E-state index contributed by atoms with van der Waals surface area (Å²) in [7, 11) is 1.44. The number of nitrogens with zero attached hydrogens (tertiary/aromatic N) is 1. The summed E-state index contributed by atoms with van der Waals surface area (Å²) in [5, 5.41) is 9.13. The molecule has 1 aliphatic carbocycles. The molecule has 8 heteroatoms. The molecule has 0 bridgehead atoms. The molecule has 0 heterocycles. The standard InChI is InChI=1S/C24H26F3NO4/c1-3-28(23(31)16-5-4-6-16)14-17-13-18(24(25,26)27)8-9-19(17)20-11-15(12-22(29)30)7-10-21(20)32-2/h7-11,13,16H,3-6,12,14H2,1-2H3,(H,29,30). The zero-order chi connectivity index (χ0) is 23.5. The van der Waals surface area contributed by atoms with Crippen LogP contribution >= 0.6 is 0 Å². The molecule has 2 aromatic rings. The first kappa shape index (κ1) is 23.6. The summed E-state index contributed by atoms with van der Waals surface area (Å²) in [6.45, 7) is 2.20. The predicted molar refractivity (Wildman–Crippen MR) is 113 cm³/mol. The van der Waals surface area contributed by atoms with Crippen LogP contribution in [0.5, 0.6) is 5.75 Å². The number of rotatable bonds is 8. The minimum absolute atomic E-state index is 0.0252. The van der Waals surface area contributed by atoms with Crippen molar-refractivity contribution >= 4 is 11.9 Å². The van der Waals surface area contributed by atoms with Crippen LogP contribution in [0.25, 0.3) is 11.1 Å². The molecule has 2 aromatic carbocycles. The number of carboxylic acid groups (broad SMARTS) is 1. The monoisotopic (exact) mass is 449 g/mol. The summed E-state index contributed by atoms with van der Waals surface area (Å²) in [5.74, 6) is -0.725. The molecule has 172 valence electrons. The minimum Gasteiger partial charge on any atom is -0.496 e. The number of benzene rings is 2.